The number of ketones is 1. The van der Waals surface area contributed by atoms with Crippen LogP contribution in [0.15, 0.2) is 72.4 Å². The molecule has 1 aromatic heterocycles. The summed E-state index contributed by atoms with van der Waals surface area (Å²) in [6.45, 7) is 3.91. The highest BCUT2D eigenvalue weighted by Gasteiger charge is 2.20. The van der Waals surface area contributed by atoms with Gasteiger partial charge in [0.1, 0.15) is 11.6 Å². The maximum absolute atomic E-state index is 14.0. The number of carbonyl (C=O) groups is 1. The van der Waals surface area contributed by atoms with Crippen molar-refractivity contribution in [3.05, 3.63) is 100.0 Å². The van der Waals surface area contributed by atoms with E-state index in [9.17, 15) is 9.18 Å². The van der Waals surface area contributed by atoms with Crippen molar-refractivity contribution in [3.8, 4) is 0 Å². The topological polar surface area (TPSA) is 33.2 Å². The number of carbonyl (C=O) groups excluding carboxylic acids is 1. The number of anilines is 1. The molecule has 0 saturated heterocycles. The van der Waals surface area contributed by atoms with Crippen LogP contribution in [0.2, 0.25) is 5.02 Å². The molecule has 0 radical (unpaired) electrons. The fraction of sp³-hybridized carbons (Fsp3) is 0.200. The normalized spacial score (nSPS) is 14.2. The molecule has 30 heavy (non-hydrogen) atoms. The van der Waals surface area contributed by atoms with Crippen LogP contribution in [-0.2, 0) is 6.42 Å². The average molecular weight is 421 g/mol. The van der Waals surface area contributed by atoms with Crippen LogP contribution in [-0.4, -0.2) is 23.9 Å². The first kappa shape index (κ1) is 20.3. The molecule has 3 aromatic rings. The summed E-state index contributed by atoms with van der Waals surface area (Å²) >= 11 is 6.02. The van der Waals surface area contributed by atoms with Gasteiger partial charge in [0.05, 0.1) is 10.6 Å². The van der Waals surface area contributed by atoms with Crippen molar-refractivity contribution in [1.29, 1.82) is 0 Å². The maximum Gasteiger partial charge on any atom is 0.171 e. The summed E-state index contributed by atoms with van der Waals surface area (Å²) in [6, 6.07) is 18.2. The Kier molecular flexibility index (Phi) is 5.96. The number of aromatic nitrogens is 1. The molecule has 0 saturated carbocycles. The quantitative estimate of drug-likeness (QED) is 0.476. The zero-order chi connectivity index (χ0) is 21.1. The Hall–Kier alpha value is -2.98. The molecule has 0 unspecified atom stereocenters. The first-order chi connectivity index (χ1) is 14.5. The van der Waals surface area contributed by atoms with E-state index in [0.717, 1.165) is 36.5 Å². The van der Waals surface area contributed by atoms with Crippen LogP contribution in [0.25, 0.3) is 5.57 Å². The SMILES string of the molecule is CC1=C(c2ccc(CC(=O)c3c(F)cccc3Cl)cc2)CN(c2ccccn2)CC1. The fourth-order valence-electron chi connectivity index (χ4n) is 3.79. The van der Waals surface area contributed by atoms with Gasteiger partial charge in [0.15, 0.2) is 5.78 Å². The Morgan fingerprint density at radius 3 is 2.60 bits per heavy atom. The highest BCUT2D eigenvalue weighted by atomic mass is 35.5. The number of hydrogen-bond acceptors (Lipinski definition) is 3. The lowest BCUT2D eigenvalue weighted by molar-refractivity contribution is 0.0989. The number of Topliss-reactive ketones (excluding diaryl/α,β-unsaturated/α-hetero) is 1. The molecule has 0 aliphatic carbocycles. The van der Waals surface area contributed by atoms with Gasteiger partial charge in [0.2, 0.25) is 0 Å². The average Bonchev–Trinajstić information content (AvgIpc) is 2.75. The lowest BCUT2D eigenvalue weighted by atomic mass is 9.93. The van der Waals surface area contributed by atoms with Crippen LogP contribution >= 0.6 is 11.6 Å². The van der Waals surface area contributed by atoms with Gasteiger partial charge in [-0.1, -0.05) is 53.6 Å². The molecule has 0 fully saturated rings. The highest BCUT2D eigenvalue weighted by Crippen LogP contribution is 2.29. The number of benzene rings is 2. The standard InChI is InChI=1S/C25H22ClFN2O/c1-17-12-14-29(24-7-2-3-13-28-24)16-20(17)19-10-8-18(9-11-19)15-23(30)25-21(26)5-4-6-22(25)27/h2-11,13H,12,14-16H2,1H3. The number of halogens is 2. The van der Waals surface area contributed by atoms with Crippen molar-refractivity contribution in [2.24, 2.45) is 0 Å². The minimum atomic E-state index is -0.582. The van der Waals surface area contributed by atoms with Crippen molar-refractivity contribution in [2.45, 2.75) is 19.8 Å². The van der Waals surface area contributed by atoms with Gasteiger partial charge in [0.25, 0.3) is 0 Å². The lowest BCUT2D eigenvalue weighted by Crippen LogP contribution is -2.31. The molecule has 2 aromatic carbocycles. The highest BCUT2D eigenvalue weighted by molar-refractivity contribution is 6.34. The molecule has 1 aliphatic rings. The van der Waals surface area contributed by atoms with Gasteiger partial charge in [0, 0.05) is 25.7 Å². The number of pyridine rings is 1. The lowest BCUT2D eigenvalue weighted by Gasteiger charge is -2.31. The zero-order valence-corrected chi connectivity index (χ0v) is 17.5. The van der Waals surface area contributed by atoms with Crippen LogP contribution in [0, 0.1) is 5.82 Å². The smallest absolute Gasteiger partial charge is 0.171 e. The monoisotopic (exact) mass is 420 g/mol. The second-order valence-electron chi connectivity index (χ2n) is 7.51. The maximum atomic E-state index is 14.0. The van der Waals surface area contributed by atoms with E-state index >= 15 is 0 Å². The molecule has 2 heterocycles. The van der Waals surface area contributed by atoms with Gasteiger partial charge in [-0.3, -0.25) is 4.79 Å². The summed E-state index contributed by atoms with van der Waals surface area (Å²) in [5, 5.41) is 0.147. The summed E-state index contributed by atoms with van der Waals surface area (Å²) in [6.07, 6.45) is 2.91. The molecular weight excluding hydrogens is 399 g/mol. The second kappa shape index (κ2) is 8.80. The predicted molar refractivity (Wildman–Crippen MR) is 120 cm³/mol. The summed E-state index contributed by atoms with van der Waals surface area (Å²) < 4.78 is 14.0. The summed E-state index contributed by atoms with van der Waals surface area (Å²) in [4.78, 5) is 19.3. The van der Waals surface area contributed by atoms with E-state index in [1.807, 2.05) is 48.7 Å². The van der Waals surface area contributed by atoms with E-state index in [0.29, 0.717) is 0 Å². The third-order valence-corrected chi connectivity index (χ3v) is 5.82. The molecule has 152 valence electrons. The van der Waals surface area contributed by atoms with E-state index in [1.54, 1.807) is 0 Å². The van der Waals surface area contributed by atoms with E-state index in [1.165, 1.54) is 29.3 Å². The van der Waals surface area contributed by atoms with Crippen LogP contribution < -0.4 is 4.90 Å². The molecule has 1 aliphatic heterocycles. The van der Waals surface area contributed by atoms with Crippen molar-refractivity contribution in [1.82, 2.24) is 4.98 Å². The van der Waals surface area contributed by atoms with Gasteiger partial charge in [-0.15, -0.1) is 0 Å². The third-order valence-electron chi connectivity index (χ3n) is 5.50. The molecule has 4 rings (SSSR count). The molecule has 3 nitrogen and oxygen atoms in total. The number of nitrogens with zero attached hydrogens (tertiary/aromatic N) is 2. The van der Waals surface area contributed by atoms with Gasteiger partial charge in [-0.25, -0.2) is 9.37 Å². The minimum absolute atomic E-state index is 0.0416. The molecule has 0 bridgehead atoms. The van der Waals surface area contributed by atoms with Crippen LogP contribution in [0.5, 0.6) is 0 Å². The Bertz CT molecular complexity index is 1070. The van der Waals surface area contributed by atoms with E-state index in [-0.39, 0.29) is 22.8 Å². The molecular formula is C25H22ClFN2O. The molecule has 0 atom stereocenters. The third kappa shape index (κ3) is 4.29. The van der Waals surface area contributed by atoms with Crippen molar-refractivity contribution in [2.75, 3.05) is 18.0 Å². The summed E-state index contributed by atoms with van der Waals surface area (Å²) in [5.41, 5.74) is 4.57. The van der Waals surface area contributed by atoms with Gasteiger partial charge < -0.3 is 4.90 Å². The Morgan fingerprint density at radius 1 is 1.10 bits per heavy atom. The first-order valence-corrected chi connectivity index (χ1v) is 10.3. The first-order valence-electron chi connectivity index (χ1n) is 9.94. The van der Waals surface area contributed by atoms with Gasteiger partial charge in [-0.05, 0) is 54.3 Å². The molecule has 0 N–H and O–H groups in total. The molecule has 0 spiro atoms. The van der Waals surface area contributed by atoms with Gasteiger partial charge in [-0.2, -0.15) is 0 Å². The van der Waals surface area contributed by atoms with Crippen LogP contribution in [0.4, 0.5) is 10.2 Å². The van der Waals surface area contributed by atoms with Crippen molar-refractivity contribution >= 4 is 28.8 Å². The Balaban J connectivity index is 1.51. The summed E-state index contributed by atoms with van der Waals surface area (Å²) in [5.74, 6) is 0.0773. The van der Waals surface area contributed by atoms with E-state index < -0.39 is 5.82 Å². The van der Waals surface area contributed by atoms with Crippen molar-refractivity contribution < 1.29 is 9.18 Å². The summed E-state index contributed by atoms with van der Waals surface area (Å²) in [7, 11) is 0. The largest absolute Gasteiger partial charge is 0.352 e. The Labute approximate surface area is 180 Å². The van der Waals surface area contributed by atoms with Crippen molar-refractivity contribution in [3.63, 3.8) is 0 Å². The second-order valence-corrected chi connectivity index (χ2v) is 7.92. The van der Waals surface area contributed by atoms with E-state index in [2.05, 4.69) is 16.8 Å². The van der Waals surface area contributed by atoms with Gasteiger partial charge >= 0.3 is 0 Å². The predicted octanol–water partition coefficient (Wildman–Crippen LogP) is 5.98. The number of hydrogen-bond donors (Lipinski definition) is 0. The van der Waals surface area contributed by atoms with Crippen LogP contribution in [0.3, 0.4) is 0 Å². The minimum Gasteiger partial charge on any atom is -0.352 e. The number of rotatable bonds is 5. The Morgan fingerprint density at radius 2 is 1.90 bits per heavy atom. The van der Waals surface area contributed by atoms with E-state index in [4.69, 9.17) is 11.6 Å². The molecule has 0 amide bonds. The van der Waals surface area contributed by atoms with Crippen LogP contribution in [0.1, 0.15) is 34.8 Å². The fourth-order valence-corrected chi connectivity index (χ4v) is 4.06. The molecule has 5 heteroatoms. The zero-order valence-electron chi connectivity index (χ0n) is 16.7.